The number of unbranched alkanes of at least 4 members (excludes halogenated alkanes) is 1. The predicted molar refractivity (Wildman–Crippen MR) is 84.3 cm³/mol. The Hall–Kier alpha value is -2.81. The fraction of sp³-hybridized carbons (Fsp3) is 0.312. The molecule has 0 aliphatic carbocycles. The first-order valence-electron chi connectivity index (χ1n) is 7.27. The molecule has 1 aromatic heterocycles. The maximum Gasteiger partial charge on any atom is 0.226 e. The Morgan fingerprint density at radius 3 is 2.77 bits per heavy atom. The number of nitrogens with two attached hydrogens (primary N) is 1. The molecular formula is C16H19N5O. The van der Waals surface area contributed by atoms with E-state index in [0.717, 1.165) is 18.5 Å². The lowest BCUT2D eigenvalue weighted by Crippen LogP contribution is -2.26. The van der Waals surface area contributed by atoms with E-state index in [1.165, 1.54) is 4.68 Å². The molecule has 0 bridgehead atoms. The first-order valence-corrected chi connectivity index (χ1v) is 7.27. The topological polar surface area (TPSA) is 96.7 Å². The third-order valence-corrected chi connectivity index (χ3v) is 3.29. The summed E-state index contributed by atoms with van der Waals surface area (Å²) in [5.74, 6) is 0.104. The highest BCUT2D eigenvalue weighted by molar-refractivity contribution is 5.79. The van der Waals surface area contributed by atoms with Gasteiger partial charge in [0, 0.05) is 6.54 Å². The summed E-state index contributed by atoms with van der Waals surface area (Å²) in [4.78, 5) is 11.9. The molecule has 1 amide bonds. The van der Waals surface area contributed by atoms with Gasteiger partial charge in [0.15, 0.2) is 0 Å². The van der Waals surface area contributed by atoms with Gasteiger partial charge in [-0.3, -0.25) is 4.79 Å². The summed E-state index contributed by atoms with van der Waals surface area (Å²) in [6.07, 6.45) is 1.99. The van der Waals surface area contributed by atoms with Crippen molar-refractivity contribution in [3.05, 3.63) is 41.6 Å². The van der Waals surface area contributed by atoms with Crippen LogP contribution in [0.1, 0.15) is 31.0 Å². The van der Waals surface area contributed by atoms with Gasteiger partial charge < -0.3 is 11.1 Å². The minimum absolute atomic E-state index is 0.0522. The van der Waals surface area contributed by atoms with Gasteiger partial charge in [0.1, 0.15) is 17.5 Å². The Balaban J connectivity index is 2.22. The van der Waals surface area contributed by atoms with Gasteiger partial charge in [0.25, 0.3) is 0 Å². The fourth-order valence-corrected chi connectivity index (χ4v) is 2.11. The Morgan fingerprint density at radius 1 is 1.41 bits per heavy atom. The molecule has 1 aromatic carbocycles. The van der Waals surface area contributed by atoms with Crippen LogP contribution in [0, 0.1) is 11.3 Å². The molecule has 2 rings (SSSR count). The molecule has 0 saturated heterocycles. The zero-order valence-corrected chi connectivity index (χ0v) is 12.5. The summed E-state index contributed by atoms with van der Waals surface area (Å²) >= 11 is 0. The standard InChI is InChI=1S/C16H19N5O/c1-2-3-9-19-15(22)10-14-13(11-17)16(18)21(20-14)12-7-5-4-6-8-12/h4-8H,2-3,9-10,18H2,1H3,(H,19,22). The van der Waals surface area contributed by atoms with E-state index in [1.54, 1.807) is 0 Å². The minimum atomic E-state index is -0.150. The molecule has 0 fully saturated rings. The van der Waals surface area contributed by atoms with E-state index in [0.29, 0.717) is 12.2 Å². The molecule has 0 atom stereocenters. The van der Waals surface area contributed by atoms with Gasteiger partial charge in [0.2, 0.25) is 5.91 Å². The van der Waals surface area contributed by atoms with E-state index in [4.69, 9.17) is 5.73 Å². The van der Waals surface area contributed by atoms with Crippen LogP contribution >= 0.6 is 0 Å². The number of hydrogen-bond acceptors (Lipinski definition) is 4. The van der Waals surface area contributed by atoms with Gasteiger partial charge >= 0.3 is 0 Å². The monoisotopic (exact) mass is 297 g/mol. The lowest BCUT2D eigenvalue weighted by Gasteiger charge is -2.03. The molecule has 0 spiro atoms. The van der Waals surface area contributed by atoms with Gasteiger partial charge in [-0.2, -0.15) is 10.4 Å². The van der Waals surface area contributed by atoms with Crippen LogP contribution in [0.15, 0.2) is 30.3 Å². The van der Waals surface area contributed by atoms with Crippen LogP contribution in [-0.2, 0) is 11.2 Å². The first-order chi connectivity index (χ1) is 10.7. The Bertz CT molecular complexity index is 685. The number of para-hydroxylation sites is 1. The highest BCUT2D eigenvalue weighted by atomic mass is 16.1. The highest BCUT2D eigenvalue weighted by Gasteiger charge is 2.18. The Morgan fingerprint density at radius 2 is 2.14 bits per heavy atom. The van der Waals surface area contributed by atoms with Crippen LogP contribution in [0.25, 0.3) is 5.69 Å². The van der Waals surface area contributed by atoms with Crippen molar-refractivity contribution in [3.63, 3.8) is 0 Å². The van der Waals surface area contributed by atoms with Crippen molar-refractivity contribution < 1.29 is 4.79 Å². The molecule has 0 saturated carbocycles. The maximum absolute atomic E-state index is 11.9. The summed E-state index contributed by atoms with van der Waals surface area (Å²) in [7, 11) is 0. The van der Waals surface area contributed by atoms with Gasteiger partial charge in [-0.05, 0) is 18.6 Å². The number of nitrogen functional groups attached to an aromatic ring is 1. The minimum Gasteiger partial charge on any atom is -0.382 e. The summed E-state index contributed by atoms with van der Waals surface area (Å²) in [5.41, 5.74) is 7.41. The average molecular weight is 297 g/mol. The van der Waals surface area contributed by atoms with Crippen molar-refractivity contribution in [1.29, 1.82) is 5.26 Å². The number of rotatable bonds is 6. The molecule has 1 heterocycles. The number of nitriles is 1. The van der Waals surface area contributed by atoms with Crippen LogP contribution in [0.4, 0.5) is 5.82 Å². The smallest absolute Gasteiger partial charge is 0.226 e. The number of amides is 1. The van der Waals surface area contributed by atoms with Crippen molar-refractivity contribution in [1.82, 2.24) is 15.1 Å². The fourth-order valence-electron chi connectivity index (χ4n) is 2.11. The molecule has 0 unspecified atom stereocenters. The molecule has 0 aliphatic heterocycles. The van der Waals surface area contributed by atoms with Gasteiger partial charge in [-0.15, -0.1) is 0 Å². The van der Waals surface area contributed by atoms with Crippen LogP contribution in [0.5, 0.6) is 0 Å². The number of benzene rings is 1. The van der Waals surface area contributed by atoms with E-state index in [-0.39, 0.29) is 23.7 Å². The highest BCUT2D eigenvalue weighted by Crippen LogP contribution is 2.20. The van der Waals surface area contributed by atoms with Gasteiger partial charge in [-0.25, -0.2) is 4.68 Å². The predicted octanol–water partition coefficient (Wildman–Crippen LogP) is 1.78. The normalized spacial score (nSPS) is 10.2. The number of carbonyl (C=O) groups is 1. The van der Waals surface area contributed by atoms with Crippen molar-refractivity contribution in [3.8, 4) is 11.8 Å². The third kappa shape index (κ3) is 3.44. The number of nitrogens with one attached hydrogen (secondary N) is 1. The zero-order chi connectivity index (χ0) is 15.9. The molecule has 2 aromatic rings. The van der Waals surface area contributed by atoms with Crippen LogP contribution in [0.2, 0.25) is 0 Å². The first kappa shape index (κ1) is 15.6. The van der Waals surface area contributed by atoms with E-state index in [1.807, 2.05) is 36.4 Å². The van der Waals surface area contributed by atoms with E-state index in [9.17, 15) is 10.1 Å². The van der Waals surface area contributed by atoms with Crippen molar-refractivity contribution in [2.45, 2.75) is 26.2 Å². The summed E-state index contributed by atoms with van der Waals surface area (Å²) in [6.45, 7) is 2.69. The third-order valence-electron chi connectivity index (χ3n) is 3.29. The van der Waals surface area contributed by atoms with Crippen molar-refractivity contribution >= 4 is 11.7 Å². The summed E-state index contributed by atoms with van der Waals surface area (Å²) in [5, 5.41) is 16.4. The lowest BCUT2D eigenvalue weighted by atomic mass is 10.2. The Labute approximate surface area is 129 Å². The second-order valence-corrected chi connectivity index (χ2v) is 4.95. The molecule has 0 radical (unpaired) electrons. The number of anilines is 1. The largest absolute Gasteiger partial charge is 0.382 e. The number of hydrogen-bond donors (Lipinski definition) is 2. The molecule has 6 heteroatoms. The lowest BCUT2D eigenvalue weighted by molar-refractivity contribution is -0.120. The molecular weight excluding hydrogens is 278 g/mol. The van der Waals surface area contributed by atoms with Crippen LogP contribution in [0.3, 0.4) is 0 Å². The second-order valence-electron chi connectivity index (χ2n) is 4.95. The summed E-state index contributed by atoms with van der Waals surface area (Å²) in [6, 6.07) is 11.3. The second kappa shape index (κ2) is 7.27. The number of aromatic nitrogens is 2. The van der Waals surface area contributed by atoms with Gasteiger partial charge in [-0.1, -0.05) is 31.5 Å². The molecule has 3 N–H and O–H groups in total. The van der Waals surface area contributed by atoms with Crippen LogP contribution in [-0.4, -0.2) is 22.2 Å². The quantitative estimate of drug-likeness (QED) is 0.794. The number of carbonyl (C=O) groups excluding carboxylic acids is 1. The SMILES string of the molecule is CCCCNC(=O)Cc1nn(-c2ccccc2)c(N)c1C#N. The molecule has 0 aliphatic rings. The molecule has 22 heavy (non-hydrogen) atoms. The Kier molecular flexibility index (Phi) is 5.15. The van der Waals surface area contributed by atoms with E-state index in [2.05, 4.69) is 17.3 Å². The van der Waals surface area contributed by atoms with Crippen LogP contribution < -0.4 is 11.1 Å². The maximum atomic E-state index is 11.9. The molecule has 6 nitrogen and oxygen atoms in total. The zero-order valence-electron chi connectivity index (χ0n) is 12.5. The molecule has 114 valence electrons. The summed E-state index contributed by atoms with van der Waals surface area (Å²) < 4.78 is 1.49. The van der Waals surface area contributed by atoms with E-state index < -0.39 is 0 Å². The van der Waals surface area contributed by atoms with Gasteiger partial charge in [0.05, 0.1) is 17.8 Å². The number of nitrogens with zero attached hydrogens (tertiary/aromatic N) is 3. The average Bonchev–Trinajstić information content (AvgIpc) is 2.84. The van der Waals surface area contributed by atoms with Crippen molar-refractivity contribution in [2.24, 2.45) is 0 Å². The van der Waals surface area contributed by atoms with E-state index >= 15 is 0 Å². The van der Waals surface area contributed by atoms with Crippen molar-refractivity contribution in [2.75, 3.05) is 12.3 Å².